The zero-order valence-electron chi connectivity index (χ0n) is 11.0. The van der Waals surface area contributed by atoms with Crippen molar-refractivity contribution in [3.63, 3.8) is 0 Å². The SMILES string of the molecule is OCC1CCCCC1CNCc1ccc(Cl)c(F)c1. The minimum absolute atomic E-state index is 0.163. The Morgan fingerprint density at radius 3 is 2.68 bits per heavy atom. The molecular formula is C15H21ClFNO. The second-order valence-electron chi connectivity index (χ2n) is 5.37. The molecule has 1 aliphatic carbocycles. The zero-order chi connectivity index (χ0) is 13.7. The van der Waals surface area contributed by atoms with E-state index in [9.17, 15) is 9.50 Å². The maximum atomic E-state index is 13.3. The van der Waals surface area contributed by atoms with Gasteiger partial charge in [-0.15, -0.1) is 0 Å². The highest BCUT2D eigenvalue weighted by molar-refractivity contribution is 6.30. The normalized spacial score (nSPS) is 23.5. The van der Waals surface area contributed by atoms with E-state index >= 15 is 0 Å². The molecule has 2 nitrogen and oxygen atoms in total. The Morgan fingerprint density at radius 1 is 1.26 bits per heavy atom. The lowest BCUT2D eigenvalue weighted by Gasteiger charge is -2.30. The molecule has 0 aromatic heterocycles. The summed E-state index contributed by atoms with van der Waals surface area (Å²) in [6.45, 7) is 1.81. The molecule has 2 rings (SSSR count). The van der Waals surface area contributed by atoms with Crippen LogP contribution < -0.4 is 5.32 Å². The van der Waals surface area contributed by atoms with Crippen LogP contribution in [0.1, 0.15) is 31.2 Å². The van der Waals surface area contributed by atoms with Gasteiger partial charge in [-0.2, -0.15) is 0 Å². The summed E-state index contributed by atoms with van der Waals surface area (Å²) in [5.41, 5.74) is 0.901. The molecule has 0 saturated heterocycles. The molecule has 1 aliphatic rings. The van der Waals surface area contributed by atoms with Gasteiger partial charge in [-0.05, 0) is 48.9 Å². The lowest BCUT2D eigenvalue weighted by atomic mass is 9.79. The average molecular weight is 286 g/mol. The molecule has 19 heavy (non-hydrogen) atoms. The topological polar surface area (TPSA) is 32.3 Å². The molecule has 1 aromatic rings. The highest BCUT2D eigenvalue weighted by atomic mass is 35.5. The van der Waals surface area contributed by atoms with Gasteiger partial charge >= 0.3 is 0 Å². The van der Waals surface area contributed by atoms with E-state index in [0.29, 0.717) is 18.4 Å². The van der Waals surface area contributed by atoms with Gasteiger partial charge < -0.3 is 10.4 Å². The summed E-state index contributed by atoms with van der Waals surface area (Å²) in [7, 11) is 0. The Kier molecular flexibility index (Phi) is 5.61. The van der Waals surface area contributed by atoms with Gasteiger partial charge in [-0.1, -0.05) is 30.5 Å². The van der Waals surface area contributed by atoms with E-state index in [1.165, 1.54) is 25.3 Å². The van der Waals surface area contributed by atoms with E-state index in [0.717, 1.165) is 18.5 Å². The highest BCUT2D eigenvalue weighted by Crippen LogP contribution is 2.29. The summed E-state index contributed by atoms with van der Waals surface area (Å²) in [6, 6.07) is 4.90. The van der Waals surface area contributed by atoms with Gasteiger partial charge in [0.2, 0.25) is 0 Å². The molecule has 0 spiro atoms. The molecule has 2 atom stereocenters. The van der Waals surface area contributed by atoms with Crippen molar-refractivity contribution in [3.05, 3.63) is 34.6 Å². The first kappa shape index (κ1) is 14.8. The Bertz CT molecular complexity index is 413. The third-order valence-electron chi connectivity index (χ3n) is 4.02. The van der Waals surface area contributed by atoms with Gasteiger partial charge in [0.1, 0.15) is 5.82 Å². The summed E-state index contributed by atoms with van der Waals surface area (Å²) in [4.78, 5) is 0. The summed E-state index contributed by atoms with van der Waals surface area (Å²) in [6.07, 6.45) is 4.77. The molecule has 0 bridgehead atoms. The number of halogens is 2. The van der Waals surface area contributed by atoms with Crippen molar-refractivity contribution in [2.75, 3.05) is 13.2 Å². The molecule has 0 radical (unpaired) electrons. The Balaban J connectivity index is 1.80. The smallest absolute Gasteiger partial charge is 0.142 e. The molecule has 1 saturated carbocycles. The molecule has 0 amide bonds. The molecule has 0 heterocycles. The van der Waals surface area contributed by atoms with Crippen molar-refractivity contribution >= 4 is 11.6 Å². The van der Waals surface area contributed by atoms with E-state index in [1.54, 1.807) is 6.07 Å². The van der Waals surface area contributed by atoms with Crippen LogP contribution in [0.2, 0.25) is 5.02 Å². The quantitative estimate of drug-likeness (QED) is 0.869. The van der Waals surface area contributed by atoms with Gasteiger partial charge in [-0.25, -0.2) is 4.39 Å². The predicted octanol–water partition coefficient (Wildman–Crippen LogP) is 3.37. The molecule has 2 N–H and O–H groups in total. The second kappa shape index (κ2) is 7.22. The van der Waals surface area contributed by atoms with Crippen LogP contribution in [-0.2, 0) is 6.54 Å². The van der Waals surface area contributed by atoms with E-state index in [1.807, 2.05) is 6.07 Å². The first-order valence-electron chi connectivity index (χ1n) is 6.96. The molecule has 1 aromatic carbocycles. The lowest BCUT2D eigenvalue weighted by molar-refractivity contribution is 0.133. The summed E-state index contributed by atoms with van der Waals surface area (Å²) >= 11 is 5.65. The Labute approximate surface area is 119 Å². The molecule has 4 heteroatoms. The van der Waals surface area contributed by atoms with Crippen molar-refractivity contribution < 1.29 is 9.50 Å². The fourth-order valence-electron chi connectivity index (χ4n) is 2.85. The van der Waals surface area contributed by atoms with E-state index in [2.05, 4.69) is 5.32 Å². The maximum absolute atomic E-state index is 13.3. The minimum atomic E-state index is -0.369. The fraction of sp³-hybridized carbons (Fsp3) is 0.600. The first-order valence-corrected chi connectivity index (χ1v) is 7.34. The fourth-order valence-corrected chi connectivity index (χ4v) is 2.96. The minimum Gasteiger partial charge on any atom is -0.396 e. The highest BCUT2D eigenvalue weighted by Gasteiger charge is 2.23. The molecule has 1 fully saturated rings. The van der Waals surface area contributed by atoms with Crippen LogP contribution in [0.15, 0.2) is 18.2 Å². The molecule has 2 unspecified atom stereocenters. The van der Waals surface area contributed by atoms with Crippen molar-refractivity contribution in [1.29, 1.82) is 0 Å². The summed E-state index contributed by atoms with van der Waals surface area (Å²) < 4.78 is 13.3. The third-order valence-corrected chi connectivity index (χ3v) is 4.33. The van der Waals surface area contributed by atoms with Crippen molar-refractivity contribution in [1.82, 2.24) is 5.32 Å². The van der Waals surface area contributed by atoms with Gasteiger partial charge in [0.25, 0.3) is 0 Å². The van der Waals surface area contributed by atoms with Gasteiger partial charge in [0, 0.05) is 13.2 Å². The van der Waals surface area contributed by atoms with Crippen LogP contribution in [0, 0.1) is 17.7 Å². The number of rotatable bonds is 5. The summed E-state index contributed by atoms with van der Waals surface area (Å²) in [5.74, 6) is 0.589. The van der Waals surface area contributed by atoms with Crippen LogP contribution in [0.3, 0.4) is 0 Å². The zero-order valence-corrected chi connectivity index (χ0v) is 11.8. The van der Waals surface area contributed by atoms with Crippen LogP contribution in [-0.4, -0.2) is 18.3 Å². The number of aliphatic hydroxyl groups excluding tert-OH is 1. The van der Waals surface area contributed by atoms with Crippen molar-refractivity contribution in [2.24, 2.45) is 11.8 Å². The van der Waals surface area contributed by atoms with Crippen LogP contribution in [0.25, 0.3) is 0 Å². The summed E-state index contributed by atoms with van der Waals surface area (Å²) in [5, 5.41) is 12.9. The molecular weight excluding hydrogens is 265 g/mol. The van der Waals surface area contributed by atoms with Gasteiger partial charge in [0.15, 0.2) is 0 Å². The van der Waals surface area contributed by atoms with E-state index < -0.39 is 0 Å². The van der Waals surface area contributed by atoms with Crippen LogP contribution in [0.5, 0.6) is 0 Å². The largest absolute Gasteiger partial charge is 0.396 e. The third kappa shape index (κ3) is 4.16. The molecule has 106 valence electrons. The van der Waals surface area contributed by atoms with Crippen LogP contribution >= 0.6 is 11.6 Å². The monoisotopic (exact) mass is 285 g/mol. The van der Waals surface area contributed by atoms with Crippen molar-refractivity contribution in [3.8, 4) is 0 Å². The average Bonchev–Trinajstić information content (AvgIpc) is 2.43. The number of benzene rings is 1. The number of hydrogen-bond donors (Lipinski definition) is 2. The van der Waals surface area contributed by atoms with Crippen LogP contribution in [0.4, 0.5) is 4.39 Å². The number of hydrogen-bond acceptors (Lipinski definition) is 2. The number of aliphatic hydroxyl groups is 1. The Morgan fingerprint density at radius 2 is 2.00 bits per heavy atom. The van der Waals surface area contributed by atoms with Gasteiger partial charge in [-0.3, -0.25) is 0 Å². The Hall–Kier alpha value is -0.640. The second-order valence-corrected chi connectivity index (χ2v) is 5.77. The van der Waals surface area contributed by atoms with Gasteiger partial charge in [0.05, 0.1) is 5.02 Å². The lowest BCUT2D eigenvalue weighted by Crippen LogP contribution is -2.32. The van der Waals surface area contributed by atoms with E-state index in [-0.39, 0.29) is 17.4 Å². The predicted molar refractivity (Wildman–Crippen MR) is 75.7 cm³/mol. The first-order chi connectivity index (χ1) is 9.20. The van der Waals surface area contributed by atoms with Crippen molar-refractivity contribution in [2.45, 2.75) is 32.2 Å². The molecule has 0 aliphatic heterocycles. The van der Waals surface area contributed by atoms with E-state index in [4.69, 9.17) is 11.6 Å². The standard InChI is InChI=1S/C15H21ClFNO/c16-14-6-5-11(7-15(14)17)8-18-9-12-3-1-2-4-13(12)10-19/h5-7,12-13,18-19H,1-4,8-10H2. The number of nitrogens with one attached hydrogen (secondary N) is 1. The maximum Gasteiger partial charge on any atom is 0.142 e.